The first-order valence-electron chi connectivity index (χ1n) is 5.22. The zero-order valence-corrected chi connectivity index (χ0v) is 9.47. The summed E-state index contributed by atoms with van der Waals surface area (Å²) in [7, 11) is 0. The van der Waals surface area contributed by atoms with Crippen molar-refractivity contribution in [1.29, 1.82) is 0 Å². The van der Waals surface area contributed by atoms with Crippen LogP contribution in [-0.4, -0.2) is 0 Å². The van der Waals surface area contributed by atoms with Gasteiger partial charge in [-0.25, -0.2) is 0 Å². The van der Waals surface area contributed by atoms with Crippen LogP contribution in [0.25, 0.3) is 0 Å². The molecule has 1 atom stereocenters. The van der Waals surface area contributed by atoms with E-state index in [0.717, 1.165) is 6.54 Å². The maximum absolute atomic E-state index is 3.56. The molecule has 15 heavy (non-hydrogen) atoms. The minimum absolute atomic E-state index is 0.417. The fourth-order valence-electron chi connectivity index (χ4n) is 2.16. The molecule has 0 fully saturated rings. The number of thiophene rings is 1. The molecule has 2 heteroatoms. The van der Waals surface area contributed by atoms with Crippen LogP contribution in [0.4, 0.5) is 0 Å². The van der Waals surface area contributed by atoms with Gasteiger partial charge in [0.1, 0.15) is 0 Å². The Morgan fingerprint density at radius 3 is 2.87 bits per heavy atom. The number of hydrogen-bond donors (Lipinski definition) is 1. The maximum atomic E-state index is 3.56. The number of hydrogen-bond acceptors (Lipinski definition) is 2. The first kappa shape index (κ1) is 9.13. The van der Waals surface area contributed by atoms with Gasteiger partial charge >= 0.3 is 0 Å². The molecule has 1 unspecified atom stereocenters. The summed E-state index contributed by atoms with van der Waals surface area (Å²) in [4.78, 5) is 2.81. The molecule has 2 aromatic rings. The SMILES string of the molecule is Cc1ccc(C2NCc3ccccc32)s1. The van der Waals surface area contributed by atoms with E-state index in [1.807, 2.05) is 11.3 Å². The van der Waals surface area contributed by atoms with Crippen LogP contribution in [0.2, 0.25) is 0 Å². The van der Waals surface area contributed by atoms with Gasteiger partial charge in [-0.05, 0) is 30.2 Å². The molecule has 1 aromatic heterocycles. The van der Waals surface area contributed by atoms with Crippen molar-refractivity contribution in [2.24, 2.45) is 0 Å². The number of benzene rings is 1. The summed E-state index contributed by atoms with van der Waals surface area (Å²) in [6.07, 6.45) is 0. The van der Waals surface area contributed by atoms with Crippen LogP contribution in [-0.2, 0) is 6.54 Å². The van der Waals surface area contributed by atoms with Gasteiger partial charge in [-0.2, -0.15) is 0 Å². The molecule has 0 spiro atoms. The predicted octanol–water partition coefficient (Wildman–Crippen LogP) is 3.25. The third-order valence-corrected chi connectivity index (χ3v) is 3.97. The molecule has 1 aliphatic rings. The van der Waals surface area contributed by atoms with Gasteiger partial charge in [-0.1, -0.05) is 24.3 Å². The third kappa shape index (κ3) is 1.50. The molecule has 0 saturated heterocycles. The van der Waals surface area contributed by atoms with Crippen molar-refractivity contribution in [1.82, 2.24) is 5.32 Å². The maximum Gasteiger partial charge on any atom is 0.0676 e. The molecule has 0 radical (unpaired) electrons. The second-order valence-corrected chi connectivity index (χ2v) is 5.28. The van der Waals surface area contributed by atoms with Crippen molar-refractivity contribution in [2.45, 2.75) is 19.5 Å². The lowest BCUT2D eigenvalue weighted by Crippen LogP contribution is -2.11. The van der Waals surface area contributed by atoms with E-state index in [9.17, 15) is 0 Å². The topological polar surface area (TPSA) is 12.0 Å². The normalized spacial score (nSPS) is 19.1. The number of aryl methyl sites for hydroxylation is 1. The average Bonchev–Trinajstić information content (AvgIpc) is 2.83. The van der Waals surface area contributed by atoms with Gasteiger partial charge in [0.2, 0.25) is 0 Å². The van der Waals surface area contributed by atoms with Crippen LogP contribution in [0.5, 0.6) is 0 Å². The fraction of sp³-hybridized carbons (Fsp3) is 0.231. The average molecular weight is 215 g/mol. The highest BCUT2D eigenvalue weighted by molar-refractivity contribution is 7.12. The van der Waals surface area contributed by atoms with Crippen LogP contribution in [0.15, 0.2) is 36.4 Å². The molecule has 1 aliphatic heterocycles. The van der Waals surface area contributed by atoms with Gasteiger partial charge in [0.15, 0.2) is 0 Å². The smallest absolute Gasteiger partial charge is 0.0676 e. The van der Waals surface area contributed by atoms with E-state index in [2.05, 4.69) is 48.6 Å². The summed E-state index contributed by atoms with van der Waals surface area (Å²) in [5.41, 5.74) is 2.88. The van der Waals surface area contributed by atoms with Crippen LogP contribution >= 0.6 is 11.3 Å². The molecule has 2 heterocycles. The third-order valence-electron chi connectivity index (χ3n) is 2.91. The zero-order chi connectivity index (χ0) is 10.3. The summed E-state index contributed by atoms with van der Waals surface area (Å²) in [5, 5.41) is 3.56. The molecular formula is C13H13NS. The van der Waals surface area contributed by atoms with E-state index < -0.39 is 0 Å². The van der Waals surface area contributed by atoms with E-state index in [1.165, 1.54) is 20.9 Å². The Kier molecular flexibility index (Phi) is 2.11. The molecule has 76 valence electrons. The van der Waals surface area contributed by atoms with Gasteiger partial charge in [0.25, 0.3) is 0 Å². The molecule has 1 N–H and O–H groups in total. The van der Waals surface area contributed by atoms with Gasteiger partial charge in [-0.3, -0.25) is 0 Å². The van der Waals surface area contributed by atoms with Crippen molar-refractivity contribution in [3.8, 4) is 0 Å². The molecular weight excluding hydrogens is 202 g/mol. The van der Waals surface area contributed by atoms with Gasteiger partial charge in [-0.15, -0.1) is 11.3 Å². The van der Waals surface area contributed by atoms with Gasteiger partial charge in [0.05, 0.1) is 6.04 Å². The summed E-state index contributed by atoms with van der Waals surface area (Å²) in [5.74, 6) is 0. The highest BCUT2D eigenvalue weighted by atomic mass is 32.1. The standard InChI is InChI=1S/C13H13NS/c1-9-6-7-12(15-9)13-11-5-3-2-4-10(11)8-14-13/h2-7,13-14H,8H2,1H3. The number of fused-ring (bicyclic) bond motifs is 1. The van der Waals surface area contributed by atoms with Crippen LogP contribution in [0, 0.1) is 6.92 Å². The summed E-state index contributed by atoms with van der Waals surface area (Å²) < 4.78 is 0. The van der Waals surface area contributed by atoms with Crippen LogP contribution in [0.1, 0.15) is 26.9 Å². The van der Waals surface area contributed by atoms with Gasteiger partial charge in [0, 0.05) is 16.3 Å². The summed E-state index contributed by atoms with van der Waals surface area (Å²) in [6.45, 7) is 3.16. The van der Waals surface area contributed by atoms with Crippen molar-refractivity contribution in [3.05, 3.63) is 57.3 Å². The zero-order valence-electron chi connectivity index (χ0n) is 8.66. The Morgan fingerprint density at radius 1 is 1.20 bits per heavy atom. The highest BCUT2D eigenvalue weighted by Gasteiger charge is 2.23. The molecule has 1 nitrogen and oxygen atoms in total. The van der Waals surface area contributed by atoms with Crippen molar-refractivity contribution in [2.75, 3.05) is 0 Å². The van der Waals surface area contributed by atoms with Crippen LogP contribution in [0.3, 0.4) is 0 Å². The number of rotatable bonds is 1. The Bertz CT molecular complexity index is 487. The molecule has 0 aliphatic carbocycles. The van der Waals surface area contributed by atoms with E-state index in [-0.39, 0.29) is 0 Å². The quantitative estimate of drug-likeness (QED) is 0.770. The first-order chi connectivity index (χ1) is 7.34. The molecule has 0 amide bonds. The Labute approximate surface area is 93.8 Å². The molecule has 0 bridgehead atoms. The Balaban J connectivity index is 2.04. The second-order valence-electron chi connectivity index (χ2n) is 3.96. The molecule has 3 rings (SSSR count). The Morgan fingerprint density at radius 2 is 2.07 bits per heavy atom. The van der Waals surface area contributed by atoms with E-state index in [1.54, 1.807) is 0 Å². The minimum atomic E-state index is 0.417. The van der Waals surface area contributed by atoms with Crippen molar-refractivity contribution in [3.63, 3.8) is 0 Å². The lowest BCUT2D eigenvalue weighted by molar-refractivity contribution is 0.677. The lowest BCUT2D eigenvalue weighted by Gasteiger charge is -2.09. The first-order valence-corrected chi connectivity index (χ1v) is 6.04. The molecule has 0 saturated carbocycles. The summed E-state index contributed by atoms with van der Waals surface area (Å²) >= 11 is 1.89. The predicted molar refractivity (Wildman–Crippen MR) is 64.2 cm³/mol. The van der Waals surface area contributed by atoms with Gasteiger partial charge < -0.3 is 5.32 Å². The lowest BCUT2D eigenvalue weighted by atomic mass is 10.0. The van der Waals surface area contributed by atoms with Crippen molar-refractivity contribution >= 4 is 11.3 Å². The Hall–Kier alpha value is -1.12. The van der Waals surface area contributed by atoms with Crippen molar-refractivity contribution < 1.29 is 0 Å². The van der Waals surface area contributed by atoms with E-state index in [4.69, 9.17) is 0 Å². The summed E-state index contributed by atoms with van der Waals surface area (Å²) in [6, 6.07) is 13.5. The minimum Gasteiger partial charge on any atom is -0.301 e. The van der Waals surface area contributed by atoms with E-state index in [0.29, 0.717) is 6.04 Å². The highest BCUT2D eigenvalue weighted by Crippen LogP contribution is 2.34. The number of nitrogens with one attached hydrogen (secondary N) is 1. The van der Waals surface area contributed by atoms with Crippen LogP contribution < -0.4 is 5.32 Å². The monoisotopic (exact) mass is 215 g/mol. The second kappa shape index (κ2) is 3.47. The van der Waals surface area contributed by atoms with E-state index >= 15 is 0 Å². The fourth-order valence-corrected chi connectivity index (χ4v) is 3.13. The largest absolute Gasteiger partial charge is 0.301 e. The molecule has 1 aromatic carbocycles.